The molecule has 0 spiro atoms. The lowest BCUT2D eigenvalue weighted by Crippen LogP contribution is -2.28. The van der Waals surface area contributed by atoms with Crippen molar-refractivity contribution in [1.29, 1.82) is 0 Å². The highest BCUT2D eigenvalue weighted by atomic mass is 16.3. The van der Waals surface area contributed by atoms with Crippen LogP contribution >= 0.6 is 0 Å². The monoisotopic (exact) mass is 748 g/mol. The standard InChI is InChI=1S/C56H44O2/c1-35-5-23-44(24-6-35)55(57,45-25-7-36(2)8-26-45)48-31-21-39-13-15-41-17-19-43-20-18-42-16-14-40-22-32-49(34-51(40)53(42)54(43)52(41)50(39)33-48)56(58,46-27-9-37(3)10-28-46)47-29-11-38(4)12-30-47/h5-34,57-58H,1-4H3. The number of aryl methyl sites for hydroxylation is 4. The summed E-state index contributed by atoms with van der Waals surface area (Å²) in [5.74, 6) is 0. The van der Waals surface area contributed by atoms with Crippen molar-refractivity contribution in [2.24, 2.45) is 0 Å². The molecule has 0 radical (unpaired) electrons. The normalized spacial score (nSPS) is 12.3. The molecule has 10 aromatic rings. The fourth-order valence-electron chi connectivity index (χ4n) is 9.13. The summed E-state index contributed by atoms with van der Waals surface area (Å²) >= 11 is 0. The Bertz CT molecular complexity index is 2880. The Morgan fingerprint density at radius 1 is 0.259 bits per heavy atom. The Balaban J connectivity index is 1.29. The van der Waals surface area contributed by atoms with Crippen molar-refractivity contribution in [3.63, 3.8) is 0 Å². The fraction of sp³-hybridized carbons (Fsp3) is 0.107. The van der Waals surface area contributed by atoms with Gasteiger partial charge in [0, 0.05) is 0 Å². The fourth-order valence-corrected chi connectivity index (χ4v) is 9.13. The van der Waals surface area contributed by atoms with E-state index in [1.54, 1.807) is 0 Å². The maximum atomic E-state index is 13.1. The number of hydrogen-bond donors (Lipinski definition) is 2. The Morgan fingerprint density at radius 2 is 0.483 bits per heavy atom. The predicted octanol–water partition coefficient (Wildman–Crippen LogP) is 13.3. The summed E-state index contributed by atoms with van der Waals surface area (Å²) in [7, 11) is 0. The van der Waals surface area contributed by atoms with Crippen LogP contribution in [0, 0.1) is 27.7 Å². The zero-order valence-electron chi connectivity index (χ0n) is 33.2. The molecule has 0 bridgehead atoms. The third-order valence-corrected chi connectivity index (χ3v) is 12.5. The van der Waals surface area contributed by atoms with Gasteiger partial charge in [-0.05, 0) is 127 Å². The molecule has 2 heteroatoms. The average Bonchev–Trinajstić information content (AvgIpc) is 3.25. The third-order valence-electron chi connectivity index (χ3n) is 12.5. The summed E-state index contributed by atoms with van der Waals surface area (Å²) in [6.07, 6.45) is 0. The summed E-state index contributed by atoms with van der Waals surface area (Å²) in [5, 5.41) is 37.3. The van der Waals surface area contributed by atoms with Crippen LogP contribution in [0.5, 0.6) is 0 Å². The van der Waals surface area contributed by atoms with Crippen molar-refractivity contribution in [2.45, 2.75) is 38.9 Å². The van der Waals surface area contributed by atoms with E-state index in [2.05, 4.69) is 161 Å². The Morgan fingerprint density at radius 3 is 0.776 bits per heavy atom. The topological polar surface area (TPSA) is 40.5 Å². The second-order valence-corrected chi connectivity index (χ2v) is 16.3. The van der Waals surface area contributed by atoms with Crippen molar-refractivity contribution in [2.75, 3.05) is 0 Å². The molecule has 10 aromatic carbocycles. The maximum absolute atomic E-state index is 13.1. The molecule has 0 atom stereocenters. The van der Waals surface area contributed by atoms with Crippen molar-refractivity contribution in [1.82, 2.24) is 0 Å². The second kappa shape index (κ2) is 13.5. The minimum absolute atomic E-state index is 0.811. The lowest BCUT2D eigenvalue weighted by atomic mass is 9.78. The molecule has 0 aliphatic rings. The van der Waals surface area contributed by atoms with Crippen molar-refractivity contribution >= 4 is 53.9 Å². The van der Waals surface area contributed by atoms with Crippen LogP contribution in [0.15, 0.2) is 182 Å². The van der Waals surface area contributed by atoms with E-state index >= 15 is 0 Å². The lowest BCUT2D eigenvalue weighted by Gasteiger charge is -2.31. The molecule has 0 heterocycles. The molecule has 0 aliphatic carbocycles. The lowest BCUT2D eigenvalue weighted by molar-refractivity contribution is 0.125. The van der Waals surface area contributed by atoms with Crippen LogP contribution in [0.25, 0.3) is 53.9 Å². The molecule has 0 aliphatic heterocycles. The molecular weight excluding hydrogens is 705 g/mol. The first-order valence-electron chi connectivity index (χ1n) is 20.1. The maximum Gasteiger partial charge on any atom is 0.140 e. The van der Waals surface area contributed by atoms with Gasteiger partial charge < -0.3 is 10.2 Å². The van der Waals surface area contributed by atoms with Crippen LogP contribution in [0.4, 0.5) is 0 Å². The van der Waals surface area contributed by atoms with E-state index in [0.29, 0.717) is 0 Å². The highest BCUT2D eigenvalue weighted by Crippen LogP contribution is 2.45. The van der Waals surface area contributed by atoms with Gasteiger partial charge in [-0.1, -0.05) is 192 Å². The van der Waals surface area contributed by atoms with E-state index in [9.17, 15) is 10.2 Å². The van der Waals surface area contributed by atoms with Crippen molar-refractivity contribution in [3.05, 3.63) is 238 Å². The molecule has 2 nitrogen and oxygen atoms in total. The van der Waals surface area contributed by atoms with Gasteiger partial charge >= 0.3 is 0 Å². The van der Waals surface area contributed by atoms with Gasteiger partial charge in [-0.3, -0.25) is 0 Å². The number of benzene rings is 10. The average molecular weight is 749 g/mol. The number of hydrogen-bond acceptors (Lipinski definition) is 2. The van der Waals surface area contributed by atoms with Crippen molar-refractivity contribution in [3.8, 4) is 0 Å². The summed E-state index contributed by atoms with van der Waals surface area (Å²) in [5.41, 5.74) is 6.72. The molecule has 0 fully saturated rings. The summed E-state index contributed by atoms with van der Waals surface area (Å²) in [6.45, 7) is 8.30. The first kappa shape index (κ1) is 35.8. The third kappa shape index (κ3) is 5.63. The molecule has 0 saturated heterocycles. The van der Waals surface area contributed by atoms with E-state index in [1.165, 1.54) is 0 Å². The van der Waals surface area contributed by atoms with Crippen LogP contribution in [-0.4, -0.2) is 10.2 Å². The van der Waals surface area contributed by atoms with Crippen LogP contribution in [0.3, 0.4) is 0 Å². The highest BCUT2D eigenvalue weighted by molar-refractivity contribution is 6.32. The largest absolute Gasteiger partial charge is 0.376 e. The molecule has 0 amide bonds. The minimum atomic E-state index is -1.39. The van der Waals surface area contributed by atoms with Gasteiger partial charge in [0.2, 0.25) is 0 Å². The van der Waals surface area contributed by atoms with Gasteiger partial charge in [0.1, 0.15) is 11.2 Å². The zero-order valence-corrected chi connectivity index (χ0v) is 33.2. The first-order valence-corrected chi connectivity index (χ1v) is 20.1. The van der Waals surface area contributed by atoms with Gasteiger partial charge in [-0.2, -0.15) is 0 Å². The van der Waals surface area contributed by atoms with Crippen LogP contribution < -0.4 is 0 Å². The van der Waals surface area contributed by atoms with Gasteiger partial charge in [0.05, 0.1) is 0 Å². The molecular formula is C56H44O2. The Labute approximate surface area is 339 Å². The van der Waals surface area contributed by atoms with Gasteiger partial charge in [-0.15, -0.1) is 0 Å². The molecule has 0 unspecified atom stereocenters. The molecule has 280 valence electrons. The number of aliphatic hydroxyl groups is 2. The molecule has 0 aromatic heterocycles. The number of fused-ring (bicyclic) bond motifs is 9. The predicted molar refractivity (Wildman–Crippen MR) is 243 cm³/mol. The highest BCUT2D eigenvalue weighted by Gasteiger charge is 2.35. The number of rotatable bonds is 6. The summed E-state index contributed by atoms with van der Waals surface area (Å²) in [6, 6.07) is 63.5. The van der Waals surface area contributed by atoms with Gasteiger partial charge in [-0.25, -0.2) is 0 Å². The van der Waals surface area contributed by atoms with E-state index in [-0.39, 0.29) is 0 Å². The van der Waals surface area contributed by atoms with Gasteiger partial charge in [0.25, 0.3) is 0 Å². The Kier molecular flexibility index (Phi) is 8.35. The van der Waals surface area contributed by atoms with E-state index in [0.717, 1.165) is 109 Å². The quantitative estimate of drug-likeness (QED) is 0.131. The Hall–Kier alpha value is -6.58. The van der Waals surface area contributed by atoms with Gasteiger partial charge in [0.15, 0.2) is 0 Å². The molecule has 2 N–H and O–H groups in total. The minimum Gasteiger partial charge on any atom is -0.376 e. The van der Waals surface area contributed by atoms with Crippen molar-refractivity contribution < 1.29 is 10.2 Å². The molecule has 0 saturated carbocycles. The van der Waals surface area contributed by atoms with Crippen LogP contribution in [0.1, 0.15) is 55.6 Å². The second-order valence-electron chi connectivity index (χ2n) is 16.3. The van der Waals surface area contributed by atoms with Crippen LogP contribution in [-0.2, 0) is 11.2 Å². The SMILES string of the molecule is Cc1ccc(C(O)(c2ccc(C)cc2)c2ccc3ccc4ccc5ccc6ccc7ccc(C(O)(c8ccc(C)cc8)c8ccc(C)cc8)cc7c6c5c4c3c2)cc1. The molecule has 10 rings (SSSR count). The smallest absolute Gasteiger partial charge is 0.140 e. The summed E-state index contributed by atoms with van der Waals surface area (Å²) in [4.78, 5) is 0. The zero-order chi connectivity index (χ0) is 39.8. The summed E-state index contributed by atoms with van der Waals surface area (Å²) < 4.78 is 0. The first-order chi connectivity index (χ1) is 28.1. The van der Waals surface area contributed by atoms with E-state index in [4.69, 9.17) is 0 Å². The van der Waals surface area contributed by atoms with E-state index < -0.39 is 11.2 Å². The van der Waals surface area contributed by atoms with Crippen LogP contribution in [0.2, 0.25) is 0 Å². The molecule has 58 heavy (non-hydrogen) atoms. The van der Waals surface area contributed by atoms with E-state index in [1.807, 2.05) is 48.5 Å².